The van der Waals surface area contributed by atoms with Crippen molar-refractivity contribution in [2.24, 2.45) is 0 Å². The summed E-state index contributed by atoms with van der Waals surface area (Å²) in [6.45, 7) is 5.49. The van der Waals surface area contributed by atoms with Crippen LogP contribution in [0.1, 0.15) is 18.1 Å². The fraction of sp³-hybridized carbons (Fsp3) is 0.316. The molecule has 0 atom stereocenters. The van der Waals surface area contributed by atoms with Crippen molar-refractivity contribution in [1.29, 1.82) is 0 Å². The molecule has 0 saturated heterocycles. The van der Waals surface area contributed by atoms with Crippen molar-refractivity contribution >= 4 is 17.3 Å². The number of carbonyl (C=O) groups excluding carboxylic acids is 1. The number of ether oxygens (including phenoxy) is 3. The van der Waals surface area contributed by atoms with Gasteiger partial charge in [-0.25, -0.2) is 0 Å². The van der Waals surface area contributed by atoms with Gasteiger partial charge in [0.15, 0.2) is 11.5 Å². The molecule has 0 saturated carbocycles. The molecule has 128 valence electrons. The molecule has 5 nitrogen and oxygen atoms in total. The van der Waals surface area contributed by atoms with Gasteiger partial charge in [-0.05, 0) is 31.0 Å². The zero-order valence-electron chi connectivity index (χ0n) is 15.0. The first-order chi connectivity index (χ1) is 11.4. The quantitative estimate of drug-likeness (QED) is 0.831. The number of methoxy groups -OCH3 is 3. The summed E-state index contributed by atoms with van der Waals surface area (Å²) in [6.07, 6.45) is 0. The van der Waals surface area contributed by atoms with Crippen LogP contribution in [0.3, 0.4) is 0 Å². The molecule has 0 bridgehead atoms. The molecule has 0 heterocycles. The second-order valence-corrected chi connectivity index (χ2v) is 5.52. The Bertz CT molecular complexity index is 755. The lowest BCUT2D eigenvalue weighted by Crippen LogP contribution is -2.24. The average Bonchev–Trinajstić information content (AvgIpc) is 2.57. The third-order valence-corrected chi connectivity index (χ3v) is 3.85. The van der Waals surface area contributed by atoms with E-state index in [2.05, 4.69) is 0 Å². The van der Waals surface area contributed by atoms with E-state index in [0.29, 0.717) is 22.9 Å². The first-order valence-electron chi connectivity index (χ1n) is 7.60. The van der Waals surface area contributed by atoms with Gasteiger partial charge in [0.2, 0.25) is 5.91 Å². The number of anilines is 2. The molecule has 0 aliphatic heterocycles. The van der Waals surface area contributed by atoms with Crippen LogP contribution in [0.15, 0.2) is 30.3 Å². The Morgan fingerprint density at radius 3 is 1.96 bits per heavy atom. The summed E-state index contributed by atoms with van der Waals surface area (Å²) in [5.41, 5.74) is 3.48. The summed E-state index contributed by atoms with van der Waals surface area (Å²) in [6, 6.07) is 9.46. The average molecular weight is 329 g/mol. The van der Waals surface area contributed by atoms with Crippen LogP contribution < -0.4 is 19.1 Å². The molecule has 0 N–H and O–H groups in total. The van der Waals surface area contributed by atoms with Crippen molar-refractivity contribution in [3.05, 3.63) is 41.5 Å². The van der Waals surface area contributed by atoms with E-state index in [1.54, 1.807) is 38.4 Å². The van der Waals surface area contributed by atoms with E-state index >= 15 is 0 Å². The molecule has 2 rings (SSSR count). The lowest BCUT2D eigenvalue weighted by atomic mass is 10.1. The standard InChI is InChI=1S/C19H23NO4/c1-12-7-8-13(2)15(9-12)20(14(3)21)16-10-18(23-5)19(24-6)11-17(16)22-4/h7-11H,1-6H3. The van der Waals surface area contributed by atoms with E-state index in [4.69, 9.17) is 14.2 Å². The van der Waals surface area contributed by atoms with Gasteiger partial charge in [-0.2, -0.15) is 0 Å². The summed E-state index contributed by atoms with van der Waals surface area (Å²) >= 11 is 0. The van der Waals surface area contributed by atoms with Crippen molar-refractivity contribution in [2.45, 2.75) is 20.8 Å². The number of nitrogens with zero attached hydrogens (tertiary/aromatic N) is 1. The van der Waals surface area contributed by atoms with Gasteiger partial charge in [0.05, 0.1) is 32.7 Å². The van der Waals surface area contributed by atoms with Crippen LogP contribution in [0.2, 0.25) is 0 Å². The highest BCUT2D eigenvalue weighted by Gasteiger charge is 2.23. The van der Waals surface area contributed by atoms with E-state index < -0.39 is 0 Å². The zero-order chi connectivity index (χ0) is 17.9. The molecule has 24 heavy (non-hydrogen) atoms. The van der Waals surface area contributed by atoms with Crippen molar-refractivity contribution in [3.63, 3.8) is 0 Å². The topological polar surface area (TPSA) is 48.0 Å². The number of hydrogen-bond acceptors (Lipinski definition) is 4. The molecule has 0 radical (unpaired) electrons. The Labute approximate surface area is 142 Å². The molecule has 0 aromatic heterocycles. The normalized spacial score (nSPS) is 10.2. The van der Waals surface area contributed by atoms with Crippen LogP contribution >= 0.6 is 0 Å². The number of carbonyl (C=O) groups is 1. The fourth-order valence-electron chi connectivity index (χ4n) is 2.62. The summed E-state index contributed by atoms with van der Waals surface area (Å²) in [7, 11) is 4.68. The maximum absolute atomic E-state index is 12.4. The monoisotopic (exact) mass is 329 g/mol. The van der Waals surface area contributed by atoms with Gasteiger partial charge in [0, 0.05) is 19.1 Å². The predicted molar refractivity (Wildman–Crippen MR) is 94.8 cm³/mol. The first kappa shape index (κ1) is 17.7. The van der Waals surface area contributed by atoms with Gasteiger partial charge in [-0.3, -0.25) is 9.69 Å². The summed E-state index contributed by atoms with van der Waals surface area (Å²) in [5.74, 6) is 1.49. The van der Waals surface area contributed by atoms with E-state index in [9.17, 15) is 4.79 Å². The molecular formula is C19H23NO4. The molecule has 2 aromatic carbocycles. The Morgan fingerprint density at radius 2 is 1.42 bits per heavy atom. The maximum Gasteiger partial charge on any atom is 0.228 e. The molecule has 0 spiro atoms. The van der Waals surface area contributed by atoms with Crippen LogP contribution in [0.5, 0.6) is 17.2 Å². The largest absolute Gasteiger partial charge is 0.494 e. The molecular weight excluding hydrogens is 306 g/mol. The number of amides is 1. The Kier molecular flexibility index (Phi) is 5.34. The summed E-state index contributed by atoms with van der Waals surface area (Å²) in [4.78, 5) is 14.1. The Hall–Kier alpha value is -2.69. The predicted octanol–water partition coefficient (Wildman–Crippen LogP) is 4.01. The number of aryl methyl sites for hydroxylation is 2. The lowest BCUT2D eigenvalue weighted by molar-refractivity contribution is -0.115. The van der Waals surface area contributed by atoms with Crippen LogP contribution in [-0.4, -0.2) is 27.2 Å². The molecule has 0 aliphatic rings. The second-order valence-electron chi connectivity index (χ2n) is 5.52. The Balaban J connectivity index is 2.72. The summed E-state index contributed by atoms with van der Waals surface area (Å²) < 4.78 is 16.2. The van der Waals surface area contributed by atoms with Crippen molar-refractivity contribution in [1.82, 2.24) is 0 Å². The van der Waals surface area contributed by atoms with Gasteiger partial charge < -0.3 is 14.2 Å². The van der Waals surface area contributed by atoms with Gasteiger partial charge in [-0.15, -0.1) is 0 Å². The number of benzene rings is 2. The van der Waals surface area contributed by atoms with E-state index in [0.717, 1.165) is 16.8 Å². The van der Waals surface area contributed by atoms with Crippen molar-refractivity contribution < 1.29 is 19.0 Å². The minimum absolute atomic E-state index is 0.116. The van der Waals surface area contributed by atoms with E-state index in [-0.39, 0.29) is 5.91 Å². The first-order valence-corrected chi connectivity index (χ1v) is 7.60. The molecule has 1 amide bonds. The third kappa shape index (κ3) is 3.30. The van der Waals surface area contributed by atoms with Gasteiger partial charge in [0.25, 0.3) is 0 Å². The van der Waals surface area contributed by atoms with Gasteiger partial charge >= 0.3 is 0 Å². The highest BCUT2D eigenvalue weighted by Crippen LogP contribution is 2.43. The van der Waals surface area contributed by atoms with Crippen LogP contribution in [0.4, 0.5) is 11.4 Å². The second kappa shape index (κ2) is 7.25. The smallest absolute Gasteiger partial charge is 0.228 e. The van der Waals surface area contributed by atoms with E-state index in [1.807, 2.05) is 32.0 Å². The minimum Gasteiger partial charge on any atom is -0.494 e. The number of hydrogen-bond donors (Lipinski definition) is 0. The van der Waals surface area contributed by atoms with Crippen molar-refractivity contribution in [2.75, 3.05) is 26.2 Å². The van der Waals surface area contributed by atoms with Crippen molar-refractivity contribution in [3.8, 4) is 17.2 Å². The number of rotatable bonds is 5. The van der Waals surface area contributed by atoms with Crippen LogP contribution in [-0.2, 0) is 4.79 Å². The summed E-state index contributed by atoms with van der Waals surface area (Å²) in [5, 5.41) is 0. The highest BCUT2D eigenvalue weighted by atomic mass is 16.5. The third-order valence-electron chi connectivity index (χ3n) is 3.85. The molecule has 5 heteroatoms. The van der Waals surface area contributed by atoms with Crippen LogP contribution in [0, 0.1) is 13.8 Å². The fourth-order valence-corrected chi connectivity index (χ4v) is 2.62. The molecule has 0 aliphatic carbocycles. The Morgan fingerprint density at radius 1 is 0.833 bits per heavy atom. The minimum atomic E-state index is -0.116. The van der Waals surface area contributed by atoms with Gasteiger partial charge in [-0.1, -0.05) is 12.1 Å². The SMILES string of the molecule is COc1cc(OC)c(N(C(C)=O)c2cc(C)ccc2C)cc1OC. The maximum atomic E-state index is 12.4. The highest BCUT2D eigenvalue weighted by molar-refractivity contribution is 6.01. The zero-order valence-corrected chi connectivity index (χ0v) is 15.0. The van der Waals surface area contributed by atoms with Gasteiger partial charge in [0.1, 0.15) is 5.75 Å². The van der Waals surface area contributed by atoms with E-state index in [1.165, 1.54) is 6.92 Å². The van der Waals surface area contributed by atoms with Crippen LogP contribution in [0.25, 0.3) is 0 Å². The lowest BCUT2D eigenvalue weighted by Gasteiger charge is -2.26. The molecule has 2 aromatic rings. The molecule has 0 fully saturated rings. The molecule has 0 unspecified atom stereocenters.